The van der Waals surface area contributed by atoms with Gasteiger partial charge in [-0.3, -0.25) is 0 Å². The molecule has 0 atom stereocenters. The lowest BCUT2D eigenvalue weighted by Crippen LogP contribution is -2.11. The first kappa shape index (κ1) is 21.3. The maximum atomic E-state index is 13.4. The Bertz CT molecular complexity index is 672. The molecule has 27 heavy (non-hydrogen) atoms. The number of halogens is 3. The SMILES string of the molecule is CCOOCCCc1ccc(OCCCc2ccccc2)c(C(F)(F)F)c1. The van der Waals surface area contributed by atoms with Crippen molar-refractivity contribution in [3.8, 4) is 5.75 Å². The number of alkyl halides is 3. The van der Waals surface area contributed by atoms with E-state index < -0.39 is 11.7 Å². The normalized spacial score (nSPS) is 11.6. The van der Waals surface area contributed by atoms with Crippen LogP contribution in [0.4, 0.5) is 13.2 Å². The molecular weight excluding hydrogens is 357 g/mol. The molecule has 6 heteroatoms. The summed E-state index contributed by atoms with van der Waals surface area (Å²) in [6, 6.07) is 14.0. The zero-order valence-electron chi connectivity index (χ0n) is 15.4. The molecule has 2 rings (SSSR count). The Morgan fingerprint density at radius 2 is 1.52 bits per heavy atom. The van der Waals surface area contributed by atoms with Crippen molar-refractivity contribution >= 4 is 0 Å². The number of rotatable bonds is 11. The molecule has 0 saturated carbocycles. The van der Waals surface area contributed by atoms with E-state index in [0.717, 1.165) is 18.1 Å². The molecule has 0 aliphatic carbocycles. The van der Waals surface area contributed by atoms with Crippen LogP contribution in [-0.4, -0.2) is 19.8 Å². The van der Waals surface area contributed by atoms with E-state index in [4.69, 9.17) is 14.5 Å². The first-order valence-electron chi connectivity index (χ1n) is 9.12. The van der Waals surface area contributed by atoms with E-state index >= 15 is 0 Å². The van der Waals surface area contributed by atoms with Gasteiger partial charge in [-0.25, -0.2) is 9.78 Å². The van der Waals surface area contributed by atoms with Crippen LogP contribution >= 0.6 is 0 Å². The van der Waals surface area contributed by atoms with Gasteiger partial charge in [0, 0.05) is 0 Å². The number of aryl methyl sites for hydroxylation is 2. The Labute approximate surface area is 158 Å². The highest BCUT2D eigenvalue weighted by molar-refractivity contribution is 5.39. The van der Waals surface area contributed by atoms with Gasteiger partial charge in [0.1, 0.15) is 5.75 Å². The van der Waals surface area contributed by atoms with Gasteiger partial charge in [-0.1, -0.05) is 36.4 Å². The van der Waals surface area contributed by atoms with Crippen molar-refractivity contribution in [1.29, 1.82) is 0 Å². The third kappa shape index (κ3) is 7.61. The maximum Gasteiger partial charge on any atom is 0.419 e. The quantitative estimate of drug-likeness (QED) is 0.287. The van der Waals surface area contributed by atoms with Crippen LogP contribution in [0.25, 0.3) is 0 Å². The van der Waals surface area contributed by atoms with E-state index in [9.17, 15) is 13.2 Å². The van der Waals surface area contributed by atoms with Crippen LogP contribution in [0, 0.1) is 0 Å². The standard InChI is InChI=1S/C21H25F3O3/c1-2-26-27-15-7-11-18-12-13-20(19(16-18)21(22,23)24)25-14-6-10-17-8-4-3-5-9-17/h3-5,8-9,12-13,16H,2,6-7,10-11,14-15H2,1H3. The van der Waals surface area contributed by atoms with Crippen LogP contribution in [0.5, 0.6) is 5.75 Å². The van der Waals surface area contributed by atoms with Gasteiger partial charge < -0.3 is 4.74 Å². The van der Waals surface area contributed by atoms with Gasteiger partial charge in [0.05, 0.1) is 25.4 Å². The predicted molar refractivity (Wildman–Crippen MR) is 97.6 cm³/mol. The lowest BCUT2D eigenvalue weighted by Gasteiger charge is -2.15. The van der Waals surface area contributed by atoms with Crippen molar-refractivity contribution in [2.45, 2.75) is 38.8 Å². The van der Waals surface area contributed by atoms with Gasteiger partial charge in [0.25, 0.3) is 0 Å². The molecule has 0 aliphatic rings. The summed E-state index contributed by atoms with van der Waals surface area (Å²) >= 11 is 0. The molecule has 0 aromatic heterocycles. The summed E-state index contributed by atoms with van der Waals surface area (Å²) in [7, 11) is 0. The molecule has 0 radical (unpaired) electrons. The Morgan fingerprint density at radius 3 is 2.22 bits per heavy atom. The lowest BCUT2D eigenvalue weighted by atomic mass is 10.1. The van der Waals surface area contributed by atoms with Crippen LogP contribution in [0.2, 0.25) is 0 Å². The largest absolute Gasteiger partial charge is 0.493 e. The van der Waals surface area contributed by atoms with Crippen LogP contribution in [0.15, 0.2) is 48.5 Å². The van der Waals surface area contributed by atoms with Crippen molar-refractivity contribution in [2.24, 2.45) is 0 Å². The van der Waals surface area contributed by atoms with Crippen LogP contribution < -0.4 is 4.74 Å². The van der Waals surface area contributed by atoms with E-state index in [0.29, 0.717) is 38.0 Å². The van der Waals surface area contributed by atoms with Crippen molar-refractivity contribution < 1.29 is 27.7 Å². The second-order valence-electron chi connectivity index (χ2n) is 6.10. The fourth-order valence-electron chi connectivity index (χ4n) is 2.66. The smallest absolute Gasteiger partial charge is 0.419 e. The van der Waals surface area contributed by atoms with Crippen LogP contribution in [0.3, 0.4) is 0 Å². The molecule has 0 fully saturated rings. The third-order valence-electron chi connectivity index (χ3n) is 3.95. The molecule has 0 N–H and O–H groups in total. The first-order valence-corrected chi connectivity index (χ1v) is 9.12. The molecule has 0 unspecified atom stereocenters. The minimum Gasteiger partial charge on any atom is -0.493 e. The summed E-state index contributed by atoms with van der Waals surface area (Å²) in [5.41, 5.74) is 1.01. The molecule has 2 aromatic carbocycles. The molecule has 3 nitrogen and oxygen atoms in total. The average molecular weight is 382 g/mol. The lowest BCUT2D eigenvalue weighted by molar-refractivity contribution is -0.291. The van der Waals surface area contributed by atoms with Crippen LogP contribution in [0.1, 0.15) is 36.5 Å². The second kappa shape index (κ2) is 10.9. The summed E-state index contributed by atoms with van der Waals surface area (Å²) in [6.07, 6.45) is -1.98. The Balaban J connectivity index is 1.90. The minimum absolute atomic E-state index is 0.120. The van der Waals surface area contributed by atoms with E-state index in [1.54, 1.807) is 13.0 Å². The zero-order valence-corrected chi connectivity index (χ0v) is 15.4. The number of benzene rings is 2. The fourth-order valence-corrected chi connectivity index (χ4v) is 2.66. The average Bonchev–Trinajstić information content (AvgIpc) is 2.66. The van der Waals surface area contributed by atoms with Gasteiger partial charge in [0.15, 0.2) is 0 Å². The van der Waals surface area contributed by atoms with E-state index in [-0.39, 0.29) is 12.4 Å². The molecule has 0 saturated heterocycles. The molecule has 148 valence electrons. The molecule has 0 amide bonds. The Kier molecular flexibility index (Phi) is 8.61. The van der Waals surface area contributed by atoms with Crippen molar-refractivity contribution in [1.82, 2.24) is 0 Å². The van der Waals surface area contributed by atoms with Gasteiger partial charge >= 0.3 is 6.18 Å². The molecule has 0 spiro atoms. The topological polar surface area (TPSA) is 27.7 Å². The summed E-state index contributed by atoms with van der Waals surface area (Å²) in [5.74, 6) is -0.120. The minimum atomic E-state index is -4.45. The third-order valence-corrected chi connectivity index (χ3v) is 3.95. The molecular formula is C21H25F3O3. The van der Waals surface area contributed by atoms with E-state index in [2.05, 4.69) is 0 Å². The first-order chi connectivity index (χ1) is 13.0. The van der Waals surface area contributed by atoms with E-state index in [1.165, 1.54) is 6.07 Å². The van der Waals surface area contributed by atoms with Crippen molar-refractivity contribution in [2.75, 3.05) is 19.8 Å². The maximum absolute atomic E-state index is 13.4. The predicted octanol–water partition coefficient (Wildman–Crippen LogP) is 5.62. The van der Waals surface area contributed by atoms with Crippen molar-refractivity contribution in [3.05, 3.63) is 65.2 Å². The Morgan fingerprint density at radius 1 is 0.815 bits per heavy atom. The molecule has 0 aliphatic heterocycles. The zero-order chi connectivity index (χ0) is 19.5. The number of hydrogen-bond acceptors (Lipinski definition) is 3. The monoisotopic (exact) mass is 382 g/mol. The molecule has 2 aromatic rings. The number of hydrogen-bond donors (Lipinski definition) is 0. The fraction of sp³-hybridized carbons (Fsp3) is 0.429. The van der Waals surface area contributed by atoms with Gasteiger partial charge in [-0.2, -0.15) is 13.2 Å². The Hall–Kier alpha value is -2.05. The summed E-state index contributed by atoms with van der Waals surface area (Å²) in [5, 5.41) is 0. The molecule has 0 heterocycles. The van der Waals surface area contributed by atoms with Gasteiger partial charge in [0.2, 0.25) is 0 Å². The molecule has 0 bridgehead atoms. The summed E-state index contributed by atoms with van der Waals surface area (Å²) < 4.78 is 45.5. The van der Waals surface area contributed by atoms with Gasteiger partial charge in [-0.15, -0.1) is 0 Å². The highest BCUT2D eigenvalue weighted by Crippen LogP contribution is 2.37. The van der Waals surface area contributed by atoms with Crippen LogP contribution in [-0.2, 0) is 28.8 Å². The van der Waals surface area contributed by atoms with Gasteiger partial charge in [-0.05, 0) is 55.9 Å². The highest BCUT2D eigenvalue weighted by Gasteiger charge is 2.34. The number of ether oxygens (including phenoxy) is 1. The van der Waals surface area contributed by atoms with Crippen molar-refractivity contribution in [3.63, 3.8) is 0 Å². The van der Waals surface area contributed by atoms with E-state index in [1.807, 2.05) is 30.3 Å². The second-order valence-corrected chi connectivity index (χ2v) is 6.10. The highest BCUT2D eigenvalue weighted by atomic mass is 19.4. The summed E-state index contributed by atoms with van der Waals surface area (Å²) in [6.45, 7) is 2.81. The summed E-state index contributed by atoms with van der Waals surface area (Å²) in [4.78, 5) is 9.64.